The van der Waals surface area contributed by atoms with E-state index < -0.39 is 6.04 Å². The second-order valence-corrected chi connectivity index (χ2v) is 8.57. The number of nitrogens with zero attached hydrogens (tertiary/aromatic N) is 1. The van der Waals surface area contributed by atoms with E-state index in [-0.39, 0.29) is 22.5 Å². The van der Waals surface area contributed by atoms with E-state index in [1.165, 1.54) is 11.3 Å². The third kappa shape index (κ3) is 3.49. The number of ketones is 1. The Labute approximate surface area is 129 Å². The SMILES string of the molecule is CC1(C)CC(=O)c2sc(NC(=O)[C@@H](N)C(C)(C)C)nc2C1. The molecule has 0 spiro atoms. The highest BCUT2D eigenvalue weighted by Gasteiger charge is 2.34. The van der Waals surface area contributed by atoms with Crippen molar-refractivity contribution in [3.05, 3.63) is 10.6 Å². The van der Waals surface area contributed by atoms with E-state index in [0.717, 1.165) is 12.1 Å². The van der Waals surface area contributed by atoms with Gasteiger partial charge in [-0.05, 0) is 17.3 Å². The number of amides is 1. The average Bonchev–Trinajstić information content (AvgIpc) is 2.67. The Balaban J connectivity index is 2.18. The highest BCUT2D eigenvalue weighted by Crippen LogP contribution is 2.38. The maximum Gasteiger partial charge on any atom is 0.243 e. The maximum absolute atomic E-state index is 12.1. The van der Waals surface area contributed by atoms with E-state index >= 15 is 0 Å². The monoisotopic (exact) mass is 309 g/mol. The van der Waals surface area contributed by atoms with Crippen LogP contribution in [0.5, 0.6) is 0 Å². The molecule has 2 rings (SSSR count). The Bertz CT molecular complexity index is 584. The topological polar surface area (TPSA) is 85.1 Å². The molecule has 0 saturated heterocycles. The van der Waals surface area contributed by atoms with Gasteiger partial charge in [0.1, 0.15) is 0 Å². The predicted molar refractivity (Wildman–Crippen MR) is 84.6 cm³/mol. The molecule has 1 aromatic heterocycles. The molecule has 0 aliphatic heterocycles. The minimum absolute atomic E-state index is 0.0682. The standard InChI is InChI=1S/C15H23N3O2S/c1-14(2,3)11(16)12(20)18-13-17-8-6-15(4,5)7-9(19)10(8)21-13/h11H,6-7,16H2,1-5H3,(H,17,18,20)/t11-/m1/s1. The Hall–Kier alpha value is -1.27. The number of hydrogen-bond donors (Lipinski definition) is 2. The molecule has 1 amide bonds. The molecule has 1 aliphatic carbocycles. The number of fused-ring (bicyclic) bond motifs is 1. The fraction of sp³-hybridized carbons (Fsp3) is 0.667. The molecule has 0 saturated carbocycles. The first kappa shape index (κ1) is 16.1. The molecule has 5 nitrogen and oxygen atoms in total. The molecule has 0 radical (unpaired) electrons. The zero-order valence-electron chi connectivity index (χ0n) is 13.2. The summed E-state index contributed by atoms with van der Waals surface area (Å²) in [5.41, 5.74) is 6.34. The van der Waals surface area contributed by atoms with Gasteiger partial charge in [-0.2, -0.15) is 0 Å². The predicted octanol–water partition coefficient (Wildman–Crippen LogP) is 2.61. The third-order valence-electron chi connectivity index (χ3n) is 3.68. The van der Waals surface area contributed by atoms with Gasteiger partial charge in [-0.3, -0.25) is 9.59 Å². The van der Waals surface area contributed by atoms with Gasteiger partial charge in [0.2, 0.25) is 5.91 Å². The van der Waals surface area contributed by atoms with Crippen LogP contribution in [0, 0.1) is 10.8 Å². The van der Waals surface area contributed by atoms with Crippen molar-refractivity contribution in [3.63, 3.8) is 0 Å². The van der Waals surface area contributed by atoms with Gasteiger partial charge in [0.05, 0.1) is 16.6 Å². The first-order chi connectivity index (χ1) is 9.49. The van der Waals surface area contributed by atoms with Crippen molar-refractivity contribution < 1.29 is 9.59 Å². The minimum atomic E-state index is -0.620. The summed E-state index contributed by atoms with van der Waals surface area (Å²) in [5.74, 6) is -0.153. The molecule has 6 heteroatoms. The molecule has 116 valence electrons. The van der Waals surface area contributed by atoms with Gasteiger partial charge in [0, 0.05) is 6.42 Å². The number of thiazole rings is 1. The number of Topliss-reactive ketones (excluding diaryl/α,β-unsaturated/α-hetero) is 1. The number of hydrogen-bond acceptors (Lipinski definition) is 5. The Morgan fingerprint density at radius 1 is 1.38 bits per heavy atom. The average molecular weight is 309 g/mol. The zero-order chi connectivity index (χ0) is 16.0. The summed E-state index contributed by atoms with van der Waals surface area (Å²) >= 11 is 1.25. The van der Waals surface area contributed by atoms with Gasteiger partial charge < -0.3 is 11.1 Å². The Morgan fingerprint density at radius 3 is 2.57 bits per heavy atom. The second-order valence-electron chi connectivity index (χ2n) is 7.57. The van der Waals surface area contributed by atoms with Crippen LogP contribution in [0.15, 0.2) is 0 Å². The number of carbonyl (C=O) groups excluding carboxylic acids is 2. The lowest BCUT2D eigenvalue weighted by molar-refractivity contribution is -0.119. The van der Waals surface area contributed by atoms with E-state index in [0.29, 0.717) is 16.4 Å². The molecule has 1 atom stereocenters. The maximum atomic E-state index is 12.1. The zero-order valence-corrected chi connectivity index (χ0v) is 14.1. The van der Waals surface area contributed by atoms with Crippen LogP contribution in [0.3, 0.4) is 0 Å². The molecule has 1 aliphatic rings. The first-order valence-electron chi connectivity index (χ1n) is 7.09. The van der Waals surface area contributed by atoms with Gasteiger partial charge >= 0.3 is 0 Å². The van der Waals surface area contributed by atoms with E-state index in [1.807, 2.05) is 20.8 Å². The molecular weight excluding hydrogens is 286 g/mol. The van der Waals surface area contributed by atoms with Crippen LogP contribution in [0.4, 0.5) is 5.13 Å². The van der Waals surface area contributed by atoms with E-state index in [9.17, 15) is 9.59 Å². The summed E-state index contributed by atoms with van der Waals surface area (Å²) in [6.45, 7) is 9.85. The molecule has 0 fully saturated rings. The summed E-state index contributed by atoms with van der Waals surface area (Å²) in [6.07, 6.45) is 1.28. The molecule has 3 N–H and O–H groups in total. The highest BCUT2D eigenvalue weighted by atomic mass is 32.1. The van der Waals surface area contributed by atoms with Crippen molar-refractivity contribution in [2.45, 2.75) is 53.5 Å². The summed E-state index contributed by atoms with van der Waals surface area (Å²) < 4.78 is 0. The summed E-state index contributed by atoms with van der Waals surface area (Å²) in [7, 11) is 0. The normalized spacial score (nSPS) is 19.0. The molecule has 0 unspecified atom stereocenters. The summed E-state index contributed by atoms with van der Waals surface area (Å²) in [5, 5.41) is 3.21. The quantitative estimate of drug-likeness (QED) is 0.879. The van der Waals surface area contributed by atoms with Crippen molar-refractivity contribution >= 4 is 28.2 Å². The number of nitrogens with two attached hydrogens (primary N) is 1. The van der Waals surface area contributed by atoms with E-state index in [1.54, 1.807) is 0 Å². The number of anilines is 1. The van der Waals surface area contributed by atoms with Crippen LogP contribution in [0.2, 0.25) is 0 Å². The van der Waals surface area contributed by atoms with Gasteiger partial charge in [-0.1, -0.05) is 46.0 Å². The molecule has 0 aromatic carbocycles. The third-order valence-corrected chi connectivity index (χ3v) is 4.74. The number of nitrogens with one attached hydrogen (secondary N) is 1. The molecule has 1 aromatic rings. The van der Waals surface area contributed by atoms with Crippen molar-refractivity contribution in [2.75, 3.05) is 5.32 Å². The summed E-state index contributed by atoms with van der Waals surface area (Å²) in [6, 6.07) is -0.620. The lowest BCUT2D eigenvalue weighted by atomic mass is 9.78. The van der Waals surface area contributed by atoms with E-state index in [2.05, 4.69) is 24.1 Å². The number of aromatic nitrogens is 1. The Kier molecular flexibility index (Phi) is 3.97. The van der Waals surface area contributed by atoms with Crippen LogP contribution in [0.25, 0.3) is 0 Å². The fourth-order valence-electron chi connectivity index (χ4n) is 2.35. The van der Waals surface area contributed by atoms with Crippen molar-refractivity contribution in [2.24, 2.45) is 16.6 Å². The van der Waals surface area contributed by atoms with Crippen LogP contribution in [-0.2, 0) is 11.2 Å². The van der Waals surface area contributed by atoms with E-state index in [4.69, 9.17) is 5.73 Å². The lowest BCUT2D eigenvalue weighted by Gasteiger charge is -2.26. The fourth-order valence-corrected chi connectivity index (χ4v) is 3.27. The molecular formula is C15H23N3O2S. The van der Waals surface area contributed by atoms with Gasteiger partial charge in [0.15, 0.2) is 10.9 Å². The van der Waals surface area contributed by atoms with Gasteiger partial charge in [-0.15, -0.1) is 0 Å². The largest absolute Gasteiger partial charge is 0.319 e. The van der Waals surface area contributed by atoms with Crippen molar-refractivity contribution in [1.29, 1.82) is 0 Å². The van der Waals surface area contributed by atoms with Gasteiger partial charge in [0.25, 0.3) is 0 Å². The minimum Gasteiger partial charge on any atom is -0.319 e. The smallest absolute Gasteiger partial charge is 0.243 e. The Morgan fingerprint density at radius 2 is 2.00 bits per heavy atom. The van der Waals surface area contributed by atoms with Crippen molar-refractivity contribution in [3.8, 4) is 0 Å². The lowest BCUT2D eigenvalue weighted by Crippen LogP contribution is -2.45. The van der Waals surface area contributed by atoms with Crippen molar-refractivity contribution in [1.82, 2.24) is 4.98 Å². The molecule has 21 heavy (non-hydrogen) atoms. The highest BCUT2D eigenvalue weighted by molar-refractivity contribution is 7.17. The van der Waals surface area contributed by atoms with Crippen LogP contribution in [0.1, 0.15) is 56.4 Å². The second kappa shape index (κ2) is 5.18. The molecule has 0 bridgehead atoms. The summed E-state index contributed by atoms with van der Waals surface area (Å²) in [4.78, 5) is 29.3. The molecule has 1 heterocycles. The van der Waals surface area contributed by atoms with Crippen LogP contribution >= 0.6 is 11.3 Å². The van der Waals surface area contributed by atoms with Gasteiger partial charge in [-0.25, -0.2) is 4.98 Å². The number of carbonyl (C=O) groups is 2. The van der Waals surface area contributed by atoms with Crippen LogP contribution < -0.4 is 11.1 Å². The van der Waals surface area contributed by atoms with Crippen LogP contribution in [-0.4, -0.2) is 22.7 Å². The number of rotatable bonds is 2. The first-order valence-corrected chi connectivity index (χ1v) is 7.91.